The van der Waals surface area contributed by atoms with E-state index in [-0.39, 0.29) is 17.4 Å². The van der Waals surface area contributed by atoms with E-state index in [1.54, 1.807) is 6.92 Å². The number of carbonyl (C=O) groups excluding carboxylic acids is 1. The molecular weight excluding hydrogens is 293 g/mol. The highest BCUT2D eigenvalue weighted by Gasteiger charge is 2.25. The number of ether oxygens (including phenoxy) is 2. The summed E-state index contributed by atoms with van der Waals surface area (Å²) >= 11 is 0. The van der Waals surface area contributed by atoms with Gasteiger partial charge >= 0.3 is 6.09 Å². The normalized spacial score (nSPS) is 15.5. The van der Waals surface area contributed by atoms with Gasteiger partial charge in [0.05, 0.1) is 12.2 Å². The molecule has 1 aliphatic rings. The summed E-state index contributed by atoms with van der Waals surface area (Å²) in [5.41, 5.74) is -0.121. The smallest absolute Gasteiger partial charge is 0.407 e. The molecule has 2 rings (SSSR count). The van der Waals surface area contributed by atoms with Gasteiger partial charge in [-0.05, 0) is 13.0 Å². The van der Waals surface area contributed by atoms with Crippen molar-refractivity contribution in [1.82, 2.24) is 4.90 Å². The van der Waals surface area contributed by atoms with Crippen LogP contribution in [0.1, 0.15) is 30.1 Å². The maximum atomic E-state index is 14.1. The van der Waals surface area contributed by atoms with Crippen LogP contribution in [0.2, 0.25) is 0 Å². The first-order valence-electron chi connectivity index (χ1n) is 7.11. The monoisotopic (exact) mass is 311 g/mol. The number of nitrogens with zero attached hydrogens (tertiary/aromatic N) is 1. The van der Waals surface area contributed by atoms with Gasteiger partial charge in [0.1, 0.15) is 11.9 Å². The molecule has 1 aromatic rings. The number of hydrogen-bond acceptors (Lipinski definition) is 4. The molecule has 0 atom stereocenters. The van der Waals surface area contributed by atoms with Crippen molar-refractivity contribution < 1.29 is 28.6 Å². The van der Waals surface area contributed by atoms with Gasteiger partial charge in [-0.3, -0.25) is 4.79 Å². The Morgan fingerprint density at radius 1 is 1.45 bits per heavy atom. The van der Waals surface area contributed by atoms with E-state index < -0.39 is 11.9 Å². The predicted octanol–water partition coefficient (Wildman–Crippen LogP) is 2.56. The van der Waals surface area contributed by atoms with Crippen LogP contribution in [0.25, 0.3) is 0 Å². The Morgan fingerprint density at radius 3 is 2.68 bits per heavy atom. The lowest BCUT2D eigenvalue weighted by Crippen LogP contribution is -2.41. The lowest BCUT2D eigenvalue weighted by Gasteiger charge is -2.30. The van der Waals surface area contributed by atoms with E-state index >= 15 is 0 Å². The fourth-order valence-electron chi connectivity index (χ4n) is 2.36. The van der Waals surface area contributed by atoms with Gasteiger partial charge < -0.3 is 19.5 Å². The van der Waals surface area contributed by atoms with Gasteiger partial charge in [-0.15, -0.1) is 0 Å². The molecular formula is C15H18FNO5. The third kappa shape index (κ3) is 3.66. The van der Waals surface area contributed by atoms with Crippen LogP contribution in [-0.4, -0.2) is 48.2 Å². The quantitative estimate of drug-likeness (QED) is 0.846. The molecule has 0 bridgehead atoms. The number of carboxylic acid groups (broad SMARTS) is 1. The molecule has 1 amide bonds. The zero-order valence-electron chi connectivity index (χ0n) is 12.3. The fraction of sp³-hybridized carbons (Fsp3) is 0.467. The second kappa shape index (κ2) is 7.11. The van der Waals surface area contributed by atoms with Crippen molar-refractivity contribution >= 4 is 12.4 Å². The van der Waals surface area contributed by atoms with Gasteiger partial charge in [-0.25, -0.2) is 9.18 Å². The first-order chi connectivity index (χ1) is 10.5. The lowest BCUT2D eigenvalue weighted by molar-refractivity contribution is 0.0867. The molecule has 0 unspecified atom stereocenters. The van der Waals surface area contributed by atoms with Crippen LogP contribution < -0.4 is 9.47 Å². The molecule has 0 saturated carbocycles. The van der Waals surface area contributed by atoms with Gasteiger partial charge in [0.25, 0.3) is 0 Å². The molecule has 7 heteroatoms. The number of halogens is 1. The molecule has 22 heavy (non-hydrogen) atoms. The largest absolute Gasteiger partial charge is 0.494 e. The van der Waals surface area contributed by atoms with Crippen molar-refractivity contribution in [2.75, 3.05) is 19.7 Å². The van der Waals surface area contributed by atoms with Crippen LogP contribution in [0.5, 0.6) is 11.5 Å². The Hall–Kier alpha value is -2.31. The molecule has 6 nitrogen and oxygen atoms in total. The summed E-state index contributed by atoms with van der Waals surface area (Å²) in [4.78, 5) is 23.1. The van der Waals surface area contributed by atoms with Crippen molar-refractivity contribution in [3.63, 3.8) is 0 Å². The summed E-state index contributed by atoms with van der Waals surface area (Å²) in [5.74, 6) is -0.398. The molecule has 120 valence electrons. The highest BCUT2D eigenvalue weighted by atomic mass is 19.1. The number of likely N-dealkylation sites (tertiary alicyclic amines) is 1. The van der Waals surface area contributed by atoms with E-state index in [9.17, 15) is 14.0 Å². The average molecular weight is 311 g/mol. The summed E-state index contributed by atoms with van der Waals surface area (Å²) in [6, 6.07) is 2.74. The summed E-state index contributed by atoms with van der Waals surface area (Å²) in [5, 5.41) is 8.89. The molecule has 0 aromatic heterocycles. The first-order valence-corrected chi connectivity index (χ1v) is 7.11. The minimum absolute atomic E-state index is 0.0400. The van der Waals surface area contributed by atoms with Crippen LogP contribution in [0.4, 0.5) is 9.18 Å². The molecule has 0 radical (unpaired) electrons. The molecule has 1 aromatic carbocycles. The van der Waals surface area contributed by atoms with Crippen LogP contribution in [0, 0.1) is 5.82 Å². The van der Waals surface area contributed by atoms with Crippen molar-refractivity contribution in [3.8, 4) is 11.5 Å². The van der Waals surface area contributed by atoms with Gasteiger partial charge in [0, 0.05) is 32.0 Å². The number of rotatable bonds is 5. The van der Waals surface area contributed by atoms with E-state index in [2.05, 4.69) is 0 Å². The van der Waals surface area contributed by atoms with Gasteiger partial charge in [0.2, 0.25) is 0 Å². The zero-order chi connectivity index (χ0) is 16.1. The number of amides is 1. The predicted molar refractivity (Wildman–Crippen MR) is 76.2 cm³/mol. The van der Waals surface area contributed by atoms with Crippen LogP contribution in [-0.2, 0) is 0 Å². The van der Waals surface area contributed by atoms with Crippen molar-refractivity contribution in [1.29, 1.82) is 0 Å². The lowest BCUT2D eigenvalue weighted by atomic mass is 10.1. The van der Waals surface area contributed by atoms with E-state index in [0.717, 1.165) is 0 Å². The van der Waals surface area contributed by atoms with E-state index in [1.807, 2.05) is 0 Å². The van der Waals surface area contributed by atoms with Crippen molar-refractivity contribution in [2.45, 2.75) is 25.9 Å². The van der Waals surface area contributed by atoms with E-state index in [1.165, 1.54) is 17.0 Å². The summed E-state index contributed by atoms with van der Waals surface area (Å²) in [6.07, 6.45) is 0.104. The standard InChI is InChI=1S/C15H18FNO5/c1-2-21-12-7-10(9-18)14(16)13(8-12)22-11-3-5-17(6-4-11)15(19)20/h7-9,11H,2-6H2,1H3,(H,19,20). The molecule has 0 spiro atoms. The number of piperidine rings is 1. The van der Waals surface area contributed by atoms with E-state index in [0.29, 0.717) is 44.6 Å². The van der Waals surface area contributed by atoms with Crippen molar-refractivity contribution in [2.24, 2.45) is 0 Å². The molecule has 1 saturated heterocycles. The number of benzene rings is 1. The Bertz CT molecular complexity index is 555. The maximum absolute atomic E-state index is 14.1. The molecule has 1 fully saturated rings. The van der Waals surface area contributed by atoms with Gasteiger partial charge in [-0.1, -0.05) is 0 Å². The third-order valence-electron chi connectivity index (χ3n) is 3.49. The average Bonchev–Trinajstić information content (AvgIpc) is 2.51. The Labute approximate surface area is 127 Å². The van der Waals surface area contributed by atoms with Crippen LogP contribution >= 0.6 is 0 Å². The topological polar surface area (TPSA) is 76.1 Å². The number of hydrogen-bond donors (Lipinski definition) is 1. The minimum atomic E-state index is -0.966. The SMILES string of the molecule is CCOc1cc(C=O)c(F)c(OC2CCN(C(=O)O)CC2)c1. The number of aldehydes is 1. The first kappa shape index (κ1) is 16.1. The van der Waals surface area contributed by atoms with Gasteiger partial charge in [0.15, 0.2) is 17.9 Å². The summed E-state index contributed by atoms with van der Waals surface area (Å²) in [7, 11) is 0. The second-order valence-electron chi connectivity index (χ2n) is 4.96. The summed E-state index contributed by atoms with van der Waals surface area (Å²) < 4.78 is 25.0. The van der Waals surface area contributed by atoms with Gasteiger partial charge in [-0.2, -0.15) is 0 Å². The fourth-order valence-corrected chi connectivity index (χ4v) is 2.36. The highest BCUT2D eigenvalue weighted by Crippen LogP contribution is 2.29. The number of carbonyl (C=O) groups is 2. The third-order valence-corrected chi connectivity index (χ3v) is 3.49. The molecule has 0 aliphatic carbocycles. The highest BCUT2D eigenvalue weighted by molar-refractivity contribution is 5.77. The van der Waals surface area contributed by atoms with Crippen LogP contribution in [0.3, 0.4) is 0 Å². The molecule has 1 aliphatic heterocycles. The Morgan fingerprint density at radius 2 is 2.14 bits per heavy atom. The Kier molecular flexibility index (Phi) is 5.19. The van der Waals surface area contributed by atoms with Crippen molar-refractivity contribution in [3.05, 3.63) is 23.5 Å². The maximum Gasteiger partial charge on any atom is 0.407 e. The second-order valence-corrected chi connectivity index (χ2v) is 4.96. The van der Waals surface area contributed by atoms with E-state index in [4.69, 9.17) is 14.6 Å². The zero-order valence-corrected chi connectivity index (χ0v) is 12.3. The molecule has 1 N–H and O–H groups in total. The Balaban J connectivity index is 2.10. The van der Waals surface area contributed by atoms with Crippen LogP contribution in [0.15, 0.2) is 12.1 Å². The molecule has 1 heterocycles. The summed E-state index contributed by atoms with van der Waals surface area (Å²) in [6.45, 7) is 2.85. The minimum Gasteiger partial charge on any atom is -0.494 e.